The van der Waals surface area contributed by atoms with Crippen LogP contribution in [-0.4, -0.2) is 20.1 Å². The first-order chi connectivity index (χ1) is 7.58. The van der Waals surface area contributed by atoms with Crippen molar-refractivity contribution in [2.45, 2.75) is 0 Å². The van der Waals surface area contributed by atoms with E-state index in [1.54, 1.807) is 0 Å². The highest BCUT2D eigenvalue weighted by Gasteiger charge is 2.09. The van der Waals surface area contributed by atoms with Crippen LogP contribution in [0.5, 0.6) is 11.5 Å². The molecule has 1 aromatic carbocycles. The number of ether oxygens (including phenoxy) is 2. The second-order valence-electron chi connectivity index (χ2n) is 2.96. The van der Waals surface area contributed by atoms with Gasteiger partial charge in [0.1, 0.15) is 5.82 Å². The molecule has 0 unspecified atom stereocenters. The minimum absolute atomic E-state index is 0.205. The lowest BCUT2D eigenvalue weighted by Crippen LogP contribution is -2.05. The average Bonchev–Trinajstić information content (AvgIpc) is 2.26. The fourth-order valence-electron chi connectivity index (χ4n) is 1.17. The molecule has 0 aliphatic carbocycles. The predicted octanol–water partition coefficient (Wildman–Crippen LogP) is 1.34. The molecular weight excluding hydrogens is 213 g/mol. The van der Waals surface area contributed by atoms with E-state index in [4.69, 9.17) is 15.2 Å². The van der Waals surface area contributed by atoms with Crippen molar-refractivity contribution < 1.29 is 18.7 Å². The number of carbonyl (C=O) groups excluding carboxylic acids is 1. The molecule has 0 fully saturated rings. The summed E-state index contributed by atoms with van der Waals surface area (Å²) in [6, 6.07) is 2.60. The quantitative estimate of drug-likeness (QED) is 0.786. The van der Waals surface area contributed by atoms with Crippen LogP contribution in [-0.2, 0) is 4.79 Å². The van der Waals surface area contributed by atoms with E-state index in [0.29, 0.717) is 5.75 Å². The number of benzene rings is 1. The van der Waals surface area contributed by atoms with E-state index in [1.807, 2.05) is 0 Å². The van der Waals surface area contributed by atoms with Crippen LogP contribution in [0, 0.1) is 5.82 Å². The lowest BCUT2D eigenvalue weighted by Gasteiger charge is -2.08. The van der Waals surface area contributed by atoms with Gasteiger partial charge in [-0.05, 0) is 12.1 Å². The fourth-order valence-corrected chi connectivity index (χ4v) is 1.17. The average molecular weight is 225 g/mol. The number of hydrogen-bond acceptors (Lipinski definition) is 3. The van der Waals surface area contributed by atoms with Crippen LogP contribution in [0.2, 0.25) is 0 Å². The maximum Gasteiger partial charge on any atom is 0.241 e. The Labute approximate surface area is 92.5 Å². The van der Waals surface area contributed by atoms with Gasteiger partial charge in [0.15, 0.2) is 11.5 Å². The van der Waals surface area contributed by atoms with Crippen LogP contribution in [0.1, 0.15) is 5.56 Å². The molecule has 16 heavy (non-hydrogen) atoms. The molecule has 0 aromatic heterocycles. The zero-order valence-electron chi connectivity index (χ0n) is 8.99. The molecule has 0 heterocycles. The molecule has 1 aromatic rings. The van der Waals surface area contributed by atoms with Crippen LogP contribution >= 0.6 is 0 Å². The van der Waals surface area contributed by atoms with Crippen molar-refractivity contribution in [2.24, 2.45) is 5.73 Å². The highest BCUT2D eigenvalue weighted by atomic mass is 19.1. The fraction of sp³-hybridized carbons (Fsp3) is 0.182. The molecule has 0 atom stereocenters. The zero-order chi connectivity index (χ0) is 12.1. The van der Waals surface area contributed by atoms with Gasteiger partial charge in [-0.3, -0.25) is 4.79 Å². The minimum atomic E-state index is -0.644. The van der Waals surface area contributed by atoms with Crippen molar-refractivity contribution in [3.63, 3.8) is 0 Å². The number of nitrogens with two attached hydrogens (primary N) is 1. The summed E-state index contributed by atoms with van der Waals surface area (Å²) in [4.78, 5) is 10.5. The monoisotopic (exact) mass is 225 g/mol. The summed E-state index contributed by atoms with van der Waals surface area (Å²) in [6.07, 6.45) is 2.35. The first kappa shape index (κ1) is 12.0. The summed E-state index contributed by atoms with van der Waals surface area (Å²) in [5.74, 6) is -0.492. The van der Waals surface area contributed by atoms with Crippen LogP contribution in [0.25, 0.3) is 6.08 Å². The summed E-state index contributed by atoms with van der Waals surface area (Å²) >= 11 is 0. The minimum Gasteiger partial charge on any atom is -0.493 e. The molecule has 86 valence electrons. The number of amides is 1. The van der Waals surface area contributed by atoms with Crippen molar-refractivity contribution in [1.82, 2.24) is 0 Å². The standard InChI is InChI=1S/C11H12FNO3/c1-15-9-5-7(3-4-11(13)14)8(12)6-10(9)16-2/h3-6H,1-2H3,(H2,13,14). The van der Waals surface area contributed by atoms with Crippen LogP contribution in [0.3, 0.4) is 0 Å². The maximum absolute atomic E-state index is 13.5. The molecule has 0 aliphatic heterocycles. The highest BCUT2D eigenvalue weighted by Crippen LogP contribution is 2.30. The first-order valence-electron chi connectivity index (χ1n) is 4.47. The van der Waals surface area contributed by atoms with E-state index in [2.05, 4.69) is 0 Å². The number of methoxy groups -OCH3 is 2. The summed E-state index contributed by atoms with van der Waals surface area (Å²) < 4.78 is 23.4. The number of carbonyl (C=O) groups is 1. The van der Waals surface area contributed by atoms with Crippen molar-refractivity contribution >= 4 is 12.0 Å². The second kappa shape index (κ2) is 5.16. The Balaban J connectivity index is 3.16. The molecule has 2 N–H and O–H groups in total. The summed E-state index contributed by atoms with van der Waals surface area (Å²) in [6.45, 7) is 0. The molecule has 0 radical (unpaired) electrons. The van der Waals surface area contributed by atoms with E-state index in [0.717, 1.165) is 6.08 Å². The van der Waals surface area contributed by atoms with Crippen molar-refractivity contribution in [2.75, 3.05) is 14.2 Å². The van der Waals surface area contributed by atoms with E-state index in [1.165, 1.54) is 32.4 Å². The summed E-state index contributed by atoms with van der Waals surface area (Å²) in [5, 5.41) is 0. The smallest absolute Gasteiger partial charge is 0.241 e. The van der Waals surface area contributed by atoms with Gasteiger partial charge in [-0.1, -0.05) is 0 Å². The lowest BCUT2D eigenvalue weighted by molar-refractivity contribution is -0.113. The largest absolute Gasteiger partial charge is 0.493 e. The Morgan fingerprint density at radius 3 is 2.38 bits per heavy atom. The predicted molar refractivity (Wildman–Crippen MR) is 57.7 cm³/mol. The Kier molecular flexibility index (Phi) is 3.88. The van der Waals surface area contributed by atoms with E-state index in [-0.39, 0.29) is 11.3 Å². The number of rotatable bonds is 4. The molecule has 0 spiro atoms. The first-order valence-corrected chi connectivity index (χ1v) is 4.47. The van der Waals surface area contributed by atoms with E-state index < -0.39 is 11.7 Å². The molecule has 0 aliphatic rings. The molecule has 1 rings (SSSR count). The Bertz CT molecular complexity index is 429. The topological polar surface area (TPSA) is 61.5 Å². The summed E-state index contributed by atoms with van der Waals surface area (Å²) in [5.41, 5.74) is 5.12. The van der Waals surface area contributed by atoms with Crippen molar-refractivity contribution in [3.8, 4) is 11.5 Å². The zero-order valence-corrected chi connectivity index (χ0v) is 8.99. The summed E-state index contributed by atoms with van der Waals surface area (Å²) in [7, 11) is 2.85. The number of halogens is 1. The van der Waals surface area contributed by atoms with Gasteiger partial charge in [0.25, 0.3) is 0 Å². The second-order valence-corrected chi connectivity index (χ2v) is 2.96. The van der Waals surface area contributed by atoms with Crippen molar-refractivity contribution in [3.05, 3.63) is 29.6 Å². The van der Waals surface area contributed by atoms with Gasteiger partial charge in [0.05, 0.1) is 14.2 Å². The maximum atomic E-state index is 13.5. The molecule has 0 saturated heterocycles. The van der Waals surface area contributed by atoms with Crippen LogP contribution in [0.4, 0.5) is 4.39 Å². The SMILES string of the molecule is COc1cc(F)c(C=CC(N)=O)cc1OC. The van der Waals surface area contributed by atoms with E-state index >= 15 is 0 Å². The molecule has 5 heteroatoms. The van der Waals surface area contributed by atoms with Gasteiger partial charge in [-0.15, -0.1) is 0 Å². The third-order valence-electron chi connectivity index (χ3n) is 1.93. The van der Waals surface area contributed by atoms with Crippen molar-refractivity contribution in [1.29, 1.82) is 0 Å². The highest BCUT2D eigenvalue weighted by molar-refractivity contribution is 5.90. The molecule has 0 bridgehead atoms. The molecular formula is C11H12FNO3. The normalized spacial score (nSPS) is 10.4. The molecule has 1 amide bonds. The van der Waals surface area contributed by atoms with Gasteiger partial charge in [-0.25, -0.2) is 4.39 Å². The molecule has 4 nitrogen and oxygen atoms in total. The lowest BCUT2D eigenvalue weighted by atomic mass is 10.1. The number of primary amides is 1. The van der Waals surface area contributed by atoms with Gasteiger partial charge in [0.2, 0.25) is 5.91 Å². The number of hydrogen-bond donors (Lipinski definition) is 1. The third kappa shape index (κ3) is 2.73. The van der Waals surface area contributed by atoms with Gasteiger partial charge in [-0.2, -0.15) is 0 Å². The Morgan fingerprint density at radius 1 is 1.31 bits per heavy atom. The van der Waals surface area contributed by atoms with Crippen LogP contribution < -0.4 is 15.2 Å². The Hall–Kier alpha value is -2.04. The van der Waals surface area contributed by atoms with Gasteiger partial charge in [0, 0.05) is 17.7 Å². The van der Waals surface area contributed by atoms with Crippen LogP contribution in [0.15, 0.2) is 18.2 Å². The third-order valence-corrected chi connectivity index (χ3v) is 1.93. The Morgan fingerprint density at radius 2 is 1.88 bits per heavy atom. The van der Waals surface area contributed by atoms with E-state index in [9.17, 15) is 9.18 Å². The molecule has 0 saturated carbocycles. The van der Waals surface area contributed by atoms with Gasteiger partial charge >= 0.3 is 0 Å². The van der Waals surface area contributed by atoms with Gasteiger partial charge < -0.3 is 15.2 Å².